The molecule has 0 radical (unpaired) electrons. The molecule has 2 fully saturated rings. The first-order chi connectivity index (χ1) is 9.69. The highest BCUT2D eigenvalue weighted by Crippen LogP contribution is 2.37. The predicted octanol–water partition coefficient (Wildman–Crippen LogP) is 1.65. The van der Waals surface area contributed by atoms with Gasteiger partial charge in [-0.15, -0.1) is 0 Å². The molecule has 0 aromatic carbocycles. The van der Waals surface area contributed by atoms with Gasteiger partial charge in [0, 0.05) is 36.3 Å². The minimum atomic E-state index is 0.0884. The lowest BCUT2D eigenvalue weighted by atomic mass is 10.2. The van der Waals surface area contributed by atoms with Crippen LogP contribution in [0.3, 0.4) is 0 Å². The maximum atomic E-state index is 12.7. The fraction of sp³-hybridized carbons (Fsp3) is 0.643. The number of carbonyl (C=O) groups excluding carboxylic acids is 1. The number of likely N-dealkylation sites (N-methyl/N-ethyl adjacent to an activating group) is 1. The number of halogens is 1. The Morgan fingerprint density at radius 2 is 2.35 bits per heavy atom. The van der Waals surface area contributed by atoms with Gasteiger partial charge in [0.2, 0.25) is 0 Å². The van der Waals surface area contributed by atoms with E-state index in [2.05, 4.69) is 25.8 Å². The molecule has 1 amide bonds. The summed E-state index contributed by atoms with van der Waals surface area (Å²) in [4.78, 5) is 14.6. The highest BCUT2D eigenvalue weighted by molar-refractivity contribution is 9.10. The molecule has 0 spiro atoms. The number of morpholine rings is 1. The summed E-state index contributed by atoms with van der Waals surface area (Å²) in [5.74, 6) is 0.118. The zero-order valence-corrected chi connectivity index (χ0v) is 13.2. The maximum Gasteiger partial charge on any atom is 0.270 e. The first-order valence-corrected chi connectivity index (χ1v) is 7.91. The van der Waals surface area contributed by atoms with Crippen molar-refractivity contribution in [1.29, 1.82) is 0 Å². The van der Waals surface area contributed by atoms with Crippen molar-refractivity contribution in [2.45, 2.75) is 25.0 Å². The van der Waals surface area contributed by atoms with Gasteiger partial charge in [-0.2, -0.15) is 0 Å². The number of amides is 1. The molecule has 1 saturated heterocycles. The van der Waals surface area contributed by atoms with Crippen molar-refractivity contribution in [3.63, 3.8) is 0 Å². The molecule has 20 heavy (non-hydrogen) atoms. The molecule has 1 aromatic heterocycles. The molecular formula is C14H20BrN3O2. The Bertz CT molecular complexity index is 497. The lowest BCUT2D eigenvalue weighted by molar-refractivity contribution is -0.0199. The topological polar surface area (TPSA) is 46.5 Å². The third-order valence-corrected chi connectivity index (χ3v) is 4.27. The molecule has 1 aliphatic heterocycles. The molecule has 110 valence electrons. The zero-order valence-electron chi connectivity index (χ0n) is 11.6. The van der Waals surface area contributed by atoms with E-state index >= 15 is 0 Å². The normalized spacial score (nSPS) is 23.1. The van der Waals surface area contributed by atoms with Crippen LogP contribution in [0.15, 0.2) is 16.7 Å². The van der Waals surface area contributed by atoms with E-state index in [4.69, 9.17) is 4.74 Å². The fourth-order valence-electron chi connectivity index (χ4n) is 2.69. The van der Waals surface area contributed by atoms with Gasteiger partial charge in [0.05, 0.1) is 12.7 Å². The number of ether oxygens (including phenoxy) is 1. The Labute approximate surface area is 127 Å². The second-order valence-corrected chi connectivity index (χ2v) is 6.40. The largest absolute Gasteiger partial charge is 0.373 e. The number of nitrogens with one attached hydrogen (secondary N) is 1. The van der Waals surface area contributed by atoms with Crippen LogP contribution in [0.1, 0.15) is 29.4 Å². The third-order valence-electron chi connectivity index (χ3n) is 3.83. The summed E-state index contributed by atoms with van der Waals surface area (Å²) in [7, 11) is 1.90. The summed E-state index contributed by atoms with van der Waals surface area (Å²) in [6, 6.07) is 2.44. The second kappa shape index (κ2) is 5.87. The molecule has 1 unspecified atom stereocenters. The molecule has 3 rings (SSSR count). The number of rotatable bonds is 4. The maximum absolute atomic E-state index is 12.7. The Morgan fingerprint density at radius 3 is 3.05 bits per heavy atom. The summed E-state index contributed by atoms with van der Waals surface area (Å²) in [6.07, 6.45) is 4.46. The number of hydrogen-bond donors (Lipinski definition) is 1. The Hall–Kier alpha value is -0.850. The van der Waals surface area contributed by atoms with E-state index in [1.165, 1.54) is 12.8 Å². The van der Waals surface area contributed by atoms with Gasteiger partial charge in [0.1, 0.15) is 5.69 Å². The molecule has 2 aliphatic rings. The average molecular weight is 342 g/mol. The van der Waals surface area contributed by atoms with Gasteiger partial charge < -0.3 is 19.5 Å². The highest BCUT2D eigenvalue weighted by atomic mass is 79.9. The van der Waals surface area contributed by atoms with E-state index in [0.29, 0.717) is 25.7 Å². The van der Waals surface area contributed by atoms with Gasteiger partial charge in [-0.05, 0) is 41.9 Å². The standard InChI is InChI=1S/C14H20BrN3O2/c1-16-7-12-9-17(4-5-20-12)14(19)13-6-10(15)8-18(13)11-2-3-11/h6,8,11-12,16H,2-5,7,9H2,1H3. The van der Waals surface area contributed by atoms with Crippen LogP contribution in [0.25, 0.3) is 0 Å². The van der Waals surface area contributed by atoms with Gasteiger partial charge in [-0.1, -0.05) is 0 Å². The second-order valence-electron chi connectivity index (χ2n) is 5.48. The van der Waals surface area contributed by atoms with E-state index in [1.807, 2.05) is 24.2 Å². The van der Waals surface area contributed by atoms with Crippen molar-refractivity contribution in [2.24, 2.45) is 0 Å². The fourth-order valence-corrected chi connectivity index (χ4v) is 3.13. The lowest BCUT2D eigenvalue weighted by Gasteiger charge is -2.33. The van der Waals surface area contributed by atoms with Gasteiger partial charge in [0.25, 0.3) is 5.91 Å². The van der Waals surface area contributed by atoms with Gasteiger partial charge >= 0.3 is 0 Å². The smallest absolute Gasteiger partial charge is 0.270 e. The Morgan fingerprint density at radius 1 is 1.55 bits per heavy atom. The van der Waals surface area contributed by atoms with Crippen LogP contribution in [-0.2, 0) is 4.74 Å². The molecule has 1 aromatic rings. The van der Waals surface area contributed by atoms with Crippen molar-refractivity contribution in [1.82, 2.24) is 14.8 Å². The van der Waals surface area contributed by atoms with E-state index in [0.717, 1.165) is 16.7 Å². The van der Waals surface area contributed by atoms with Crippen molar-refractivity contribution in [3.05, 3.63) is 22.4 Å². The molecule has 0 bridgehead atoms. The molecular weight excluding hydrogens is 322 g/mol. The van der Waals surface area contributed by atoms with Crippen LogP contribution >= 0.6 is 15.9 Å². The van der Waals surface area contributed by atoms with Crippen LogP contribution in [0.4, 0.5) is 0 Å². The van der Waals surface area contributed by atoms with E-state index in [1.54, 1.807) is 0 Å². The predicted molar refractivity (Wildman–Crippen MR) is 80.0 cm³/mol. The molecule has 1 N–H and O–H groups in total. The number of hydrogen-bond acceptors (Lipinski definition) is 3. The zero-order chi connectivity index (χ0) is 14.1. The van der Waals surface area contributed by atoms with Gasteiger partial charge in [0.15, 0.2) is 0 Å². The number of carbonyl (C=O) groups is 1. The van der Waals surface area contributed by atoms with Gasteiger partial charge in [-0.3, -0.25) is 4.79 Å². The van der Waals surface area contributed by atoms with Crippen molar-refractivity contribution in [2.75, 3.05) is 33.3 Å². The minimum Gasteiger partial charge on any atom is -0.373 e. The summed E-state index contributed by atoms with van der Waals surface area (Å²) in [6.45, 7) is 2.72. The molecule has 6 heteroatoms. The molecule has 1 saturated carbocycles. The highest BCUT2D eigenvalue weighted by Gasteiger charge is 2.31. The summed E-state index contributed by atoms with van der Waals surface area (Å²) >= 11 is 3.48. The first-order valence-electron chi connectivity index (χ1n) is 7.12. The monoisotopic (exact) mass is 341 g/mol. The van der Waals surface area contributed by atoms with Crippen LogP contribution in [-0.4, -0.2) is 54.8 Å². The van der Waals surface area contributed by atoms with E-state index < -0.39 is 0 Å². The molecule has 2 heterocycles. The number of nitrogens with zero attached hydrogens (tertiary/aromatic N) is 2. The van der Waals surface area contributed by atoms with Crippen LogP contribution < -0.4 is 5.32 Å². The minimum absolute atomic E-state index is 0.0884. The van der Waals surface area contributed by atoms with Gasteiger partial charge in [-0.25, -0.2) is 0 Å². The first kappa shape index (κ1) is 14.1. The van der Waals surface area contributed by atoms with Crippen LogP contribution in [0, 0.1) is 0 Å². The van der Waals surface area contributed by atoms with E-state index in [9.17, 15) is 4.79 Å². The SMILES string of the molecule is CNCC1CN(C(=O)c2cc(Br)cn2C2CC2)CCO1. The molecule has 1 atom stereocenters. The Balaban J connectivity index is 1.74. The summed E-state index contributed by atoms with van der Waals surface area (Å²) in [5, 5.41) is 3.10. The van der Waals surface area contributed by atoms with Crippen molar-refractivity contribution in [3.8, 4) is 0 Å². The molecule has 1 aliphatic carbocycles. The lowest BCUT2D eigenvalue weighted by Crippen LogP contribution is -2.48. The van der Waals surface area contributed by atoms with Crippen LogP contribution in [0.5, 0.6) is 0 Å². The third kappa shape index (κ3) is 2.92. The van der Waals surface area contributed by atoms with Crippen molar-refractivity contribution >= 4 is 21.8 Å². The quantitative estimate of drug-likeness (QED) is 0.905. The van der Waals surface area contributed by atoms with E-state index in [-0.39, 0.29) is 12.0 Å². The summed E-state index contributed by atoms with van der Waals surface area (Å²) < 4.78 is 8.76. The average Bonchev–Trinajstić information content (AvgIpc) is 3.21. The van der Waals surface area contributed by atoms with Crippen molar-refractivity contribution < 1.29 is 9.53 Å². The molecule has 5 nitrogen and oxygen atoms in total. The summed E-state index contributed by atoms with van der Waals surface area (Å²) in [5.41, 5.74) is 0.796. The Kier molecular flexibility index (Phi) is 4.14. The number of aromatic nitrogens is 1. The van der Waals surface area contributed by atoms with Crippen LogP contribution in [0.2, 0.25) is 0 Å².